The van der Waals surface area contributed by atoms with Gasteiger partial charge < -0.3 is 5.32 Å². The molecule has 0 aromatic heterocycles. The fourth-order valence-corrected chi connectivity index (χ4v) is 1.89. The molecule has 0 aliphatic rings. The standard InChI is InChI=1S/C11H14BrNOS/c1-8(13-11(14)5-6-15)9-3-2-4-10(12)7-9/h2-4,7-8,15H,5-6H2,1H3,(H,13,14). The molecule has 1 rings (SSSR count). The highest BCUT2D eigenvalue weighted by Gasteiger charge is 2.08. The zero-order valence-corrected chi connectivity index (χ0v) is 11.0. The largest absolute Gasteiger partial charge is 0.350 e. The third-order valence-electron chi connectivity index (χ3n) is 2.07. The lowest BCUT2D eigenvalue weighted by Gasteiger charge is -2.14. The molecule has 1 atom stereocenters. The van der Waals surface area contributed by atoms with Crippen molar-refractivity contribution < 1.29 is 4.79 Å². The summed E-state index contributed by atoms with van der Waals surface area (Å²) in [4.78, 5) is 11.3. The molecular weight excluding hydrogens is 274 g/mol. The first kappa shape index (κ1) is 12.6. The van der Waals surface area contributed by atoms with Gasteiger partial charge in [0, 0.05) is 10.9 Å². The maximum absolute atomic E-state index is 11.3. The summed E-state index contributed by atoms with van der Waals surface area (Å²) >= 11 is 7.42. The van der Waals surface area contributed by atoms with Crippen LogP contribution in [0.25, 0.3) is 0 Å². The Balaban J connectivity index is 2.60. The van der Waals surface area contributed by atoms with E-state index in [9.17, 15) is 4.79 Å². The summed E-state index contributed by atoms with van der Waals surface area (Å²) in [5.41, 5.74) is 1.09. The van der Waals surface area contributed by atoms with Gasteiger partial charge in [0.15, 0.2) is 0 Å². The van der Waals surface area contributed by atoms with Crippen molar-refractivity contribution in [1.82, 2.24) is 5.32 Å². The van der Waals surface area contributed by atoms with Crippen molar-refractivity contribution in [2.75, 3.05) is 5.75 Å². The number of halogens is 1. The van der Waals surface area contributed by atoms with Crippen molar-refractivity contribution in [3.05, 3.63) is 34.3 Å². The topological polar surface area (TPSA) is 29.1 Å². The quantitative estimate of drug-likeness (QED) is 0.820. The van der Waals surface area contributed by atoms with Crippen LogP contribution in [0.5, 0.6) is 0 Å². The molecule has 1 aromatic rings. The van der Waals surface area contributed by atoms with E-state index in [2.05, 4.69) is 33.9 Å². The maximum Gasteiger partial charge on any atom is 0.221 e. The second-order valence-electron chi connectivity index (χ2n) is 3.32. The Morgan fingerprint density at radius 2 is 2.33 bits per heavy atom. The van der Waals surface area contributed by atoms with Crippen molar-refractivity contribution in [2.24, 2.45) is 0 Å². The zero-order chi connectivity index (χ0) is 11.3. The minimum atomic E-state index is 0.0369. The van der Waals surface area contributed by atoms with Gasteiger partial charge >= 0.3 is 0 Å². The van der Waals surface area contributed by atoms with Crippen molar-refractivity contribution >= 4 is 34.5 Å². The first-order valence-electron chi connectivity index (χ1n) is 4.79. The molecule has 0 bridgehead atoms. The highest BCUT2D eigenvalue weighted by Crippen LogP contribution is 2.17. The molecule has 0 saturated heterocycles. The number of carbonyl (C=O) groups is 1. The van der Waals surface area contributed by atoms with Crippen molar-refractivity contribution in [3.8, 4) is 0 Å². The minimum Gasteiger partial charge on any atom is -0.350 e. The number of amides is 1. The maximum atomic E-state index is 11.3. The molecule has 15 heavy (non-hydrogen) atoms. The fraction of sp³-hybridized carbons (Fsp3) is 0.364. The molecule has 82 valence electrons. The van der Waals surface area contributed by atoms with Crippen LogP contribution in [0.2, 0.25) is 0 Å². The molecule has 0 fully saturated rings. The lowest BCUT2D eigenvalue weighted by atomic mass is 10.1. The van der Waals surface area contributed by atoms with Crippen molar-refractivity contribution in [1.29, 1.82) is 0 Å². The van der Waals surface area contributed by atoms with Gasteiger partial charge in [0.25, 0.3) is 0 Å². The molecular formula is C11H14BrNOS. The molecule has 0 aliphatic heterocycles. The van der Waals surface area contributed by atoms with Crippen LogP contribution >= 0.6 is 28.6 Å². The van der Waals surface area contributed by atoms with Crippen molar-refractivity contribution in [2.45, 2.75) is 19.4 Å². The van der Waals surface area contributed by atoms with Gasteiger partial charge in [0.2, 0.25) is 5.91 Å². The Morgan fingerprint density at radius 3 is 2.93 bits per heavy atom. The van der Waals surface area contributed by atoms with E-state index in [-0.39, 0.29) is 11.9 Å². The Kier molecular flexibility index (Phi) is 5.19. The number of nitrogens with one attached hydrogen (secondary N) is 1. The van der Waals surface area contributed by atoms with Crippen LogP contribution < -0.4 is 5.32 Å². The van der Waals surface area contributed by atoms with Crippen LogP contribution in [-0.4, -0.2) is 11.7 Å². The molecule has 1 aromatic carbocycles. The van der Waals surface area contributed by atoms with Crippen LogP contribution in [0.15, 0.2) is 28.7 Å². The molecule has 0 radical (unpaired) electrons. The summed E-state index contributed by atoms with van der Waals surface area (Å²) < 4.78 is 1.02. The second kappa shape index (κ2) is 6.18. The summed E-state index contributed by atoms with van der Waals surface area (Å²) in [6.07, 6.45) is 0.460. The summed E-state index contributed by atoms with van der Waals surface area (Å²) in [5, 5.41) is 2.92. The van der Waals surface area contributed by atoms with Crippen LogP contribution in [0.4, 0.5) is 0 Å². The van der Waals surface area contributed by atoms with E-state index < -0.39 is 0 Å². The van der Waals surface area contributed by atoms with Gasteiger partial charge in [0.1, 0.15) is 0 Å². The molecule has 2 nitrogen and oxygen atoms in total. The predicted octanol–water partition coefficient (Wildman–Crippen LogP) is 2.95. The predicted molar refractivity (Wildman–Crippen MR) is 69.2 cm³/mol. The van der Waals surface area contributed by atoms with Gasteiger partial charge in [-0.15, -0.1) is 0 Å². The zero-order valence-electron chi connectivity index (χ0n) is 8.53. The molecule has 0 aliphatic carbocycles. The van der Waals surface area contributed by atoms with Crippen LogP contribution in [0.3, 0.4) is 0 Å². The van der Waals surface area contributed by atoms with E-state index in [1.807, 2.05) is 31.2 Å². The van der Waals surface area contributed by atoms with E-state index in [1.165, 1.54) is 0 Å². The summed E-state index contributed by atoms with van der Waals surface area (Å²) in [7, 11) is 0. The Labute approximate surface area is 104 Å². The highest BCUT2D eigenvalue weighted by atomic mass is 79.9. The third kappa shape index (κ3) is 4.26. The first-order chi connectivity index (χ1) is 7.13. The molecule has 0 spiro atoms. The lowest BCUT2D eigenvalue weighted by Crippen LogP contribution is -2.26. The summed E-state index contributed by atoms with van der Waals surface area (Å²) in [5.74, 6) is 0.620. The average Bonchev–Trinajstić information content (AvgIpc) is 2.18. The first-order valence-corrected chi connectivity index (χ1v) is 6.21. The SMILES string of the molecule is CC(NC(=O)CCS)c1cccc(Br)c1. The summed E-state index contributed by atoms with van der Waals surface area (Å²) in [6.45, 7) is 1.97. The fourth-order valence-electron chi connectivity index (χ4n) is 1.27. The molecule has 1 N–H and O–H groups in total. The van der Waals surface area contributed by atoms with E-state index in [0.717, 1.165) is 10.0 Å². The third-order valence-corrected chi connectivity index (χ3v) is 2.78. The van der Waals surface area contributed by atoms with E-state index in [4.69, 9.17) is 0 Å². The molecule has 1 unspecified atom stereocenters. The highest BCUT2D eigenvalue weighted by molar-refractivity contribution is 9.10. The number of benzene rings is 1. The number of hydrogen-bond acceptors (Lipinski definition) is 2. The monoisotopic (exact) mass is 287 g/mol. The molecule has 0 saturated carbocycles. The number of hydrogen-bond donors (Lipinski definition) is 2. The number of rotatable bonds is 4. The van der Waals surface area contributed by atoms with E-state index in [1.54, 1.807) is 0 Å². The van der Waals surface area contributed by atoms with Crippen molar-refractivity contribution in [3.63, 3.8) is 0 Å². The Morgan fingerprint density at radius 1 is 1.60 bits per heavy atom. The van der Waals surface area contributed by atoms with Crippen LogP contribution in [0.1, 0.15) is 24.9 Å². The Hall–Kier alpha value is -0.480. The van der Waals surface area contributed by atoms with E-state index >= 15 is 0 Å². The smallest absolute Gasteiger partial charge is 0.221 e. The van der Waals surface area contributed by atoms with Crippen LogP contribution in [-0.2, 0) is 4.79 Å². The average molecular weight is 288 g/mol. The second-order valence-corrected chi connectivity index (χ2v) is 4.68. The lowest BCUT2D eigenvalue weighted by molar-refractivity contribution is -0.121. The van der Waals surface area contributed by atoms with Gasteiger partial charge in [-0.1, -0.05) is 28.1 Å². The Bertz CT molecular complexity index is 343. The minimum absolute atomic E-state index is 0.0369. The molecule has 1 amide bonds. The van der Waals surface area contributed by atoms with Crippen LogP contribution in [0, 0.1) is 0 Å². The van der Waals surface area contributed by atoms with E-state index in [0.29, 0.717) is 12.2 Å². The van der Waals surface area contributed by atoms with Gasteiger partial charge in [-0.25, -0.2) is 0 Å². The van der Waals surface area contributed by atoms with Gasteiger partial charge in [-0.2, -0.15) is 12.6 Å². The number of carbonyl (C=O) groups excluding carboxylic acids is 1. The molecule has 0 heterocycles. The normalized spacial score (nSPS) is 12.2. The van der Waals surface area contributed by atoms with Gasteiger partial charge in [-0.3, -0.25) is 4.79 Å². The van der Waals surface area contributed by atoms with Gasteiger partial charge in [0.05, 0.1) is 6.04 Å². The number of thiol groups is 1. The van der Waals surface area contributed by atoms with Gasteiger partial charge in [-0.05, 0) is 30.4 Å². The summed E-state index contributed by atoms with van der Waals surface area (Å²) in [6, 6.07) is 7.96. The molecule has 4 heteroatoms.